The highest BCUT2D eigenvalue weighted by Gasteiger charge is 2.47. The van der Waals surface area contributed by atoms with Crippen LogP contribution < -0.4 is 0 Å². The Labute approximate surface area is 105 Å². The predicted octanol–water partition coefficient (Wildman–Crippen LogP) is 1.02. The zero-order valence-electron chi connectivity index (χ0n) is 10.5. The van der Waals surface area contributed by atoms with Crippen molar-refractivity contribution < 1.29 is 23.9 Å². The number of hydrogen-bond acceptors (Lipinski definition) is 5. The summed E-state index contributed by atoms with van der Waals surface area (Å²) in [5, 5.41) is 0. The molecule has 98 valence electrons. The van der Waals surface area contributed by atoms with E-state index in [2.05, 4.69) is 0 Å². The smallest absolute Gasteiger partial charge is 0.334 e. The van der Waals surface area contributed by atoms with E-state index in [-0.39, 0.29) is 24.3 Å². The molecule has 1 aliphatic carbocycles. The van der Waals surface area contributed by atoms with Gasteiger partial charge < -0.3 is 9.47 Å². The van der Waals surface area contributed by atoms with Crippen LogP contribution in [0.25, 0.3) is 0 Å². The van der Waals surface area contributed by atoms with Crippen LogP contribution in [-0.4, -0.2) is 30.4 Å². The quantitative estimate of drug-likeness (QED) is 0.554. The van der Waals surface area contributed by atoms with Crippen molar-refractivity contribution in [1.82, 2.24) is 0 Å². The largest absolute Gasteiger partial charge is 0.465 e. The summed E-state index contributed by atoms with van der Waals surface area (Å²) in [6, 6.07) is 0. The molecular formula is C13H16O5. The Morgan fingerprint density at radius 3 is 2.78 bits per heavy atom. The van der Waals surface area contributed by atoms with Gasteiger partial charge in [-0.05, 0) is 26.3 Å². The minimum Gasteiger partial charge on any atom is -0.465 e. The maximum Gasteiger partial charge on any atom is 0.334 e. The van der Waals surface area contributed by atoms with Crippen LogP contribution in [0.5, 0.6) is 0 Å². The maximum absolute atomic E-state index is 11.8. The Morgan fingerprint density at radius 1 is 1.50 bits per heavy atom. The average molecular weight is 252 g/mol. The van der Waals surface area contributed by atoms with Crippen LogP contribution in [0.2, 0.25) is 0 Å². The van der Waals surface area contributed by atoms with Crippen LogP contribution >= 0.6 is 0 Å². The van der Waals surface area contributed by atoms with E-state index < -0.39 is 18.0 Å². The summed E-state index contributed by atoms with van der Waals surface area (Å²) in [5.41, 5.74) is 0.530. The lowest BCUT2D eigenvalue weighted by Crippen LogP contribution is -2.33. The van der Waals surface area contributed by atoms with Crippen LogP contribution in [0.1, 0.15) is 26.7 Å². The Morgan fingerprint density at radius 2 is 2.22 bits per heavy atom. The second kappa shape index (κ2) is 4.92. The van der Waals surface area contributed by atoms with Crippen LogP contribution in [0.15, 0.2) is 11.6 Å². The van der Waals surface area contributed by atoms with Gasteiger partial charge in [0.25, 0.3) is 0 Å². The molecule has 0 radical (unpaired) electrons. The summed E-state index contributed by atoms with van der Waals surface area (Å²) in [5.74, 6) is -2.06. The van der Waals surface area contributed by atoms with Gasteiger partial charge in [-0.25, -0.2) is 4.79 Å². The van der Waals surface area contributed by atoms with Gasteiger partial charge in [-0.2, -0.15) is 0 Å². The molecule has 0 bridgehead atoms. The first kappa shape index (κ1) is 12.8. The maximum atomic E-state index is 11.8. The number of ketones is 1. The summed E-state index contributed by atoms with van der Waals surface area (Å²) < 4.78 is 10.1. The lowest BCUT2D eigenvalue weighted by atomic mass is 9.90. The van der Waals surface area contributed by atoms with Crippen LogP contribution in [0.4, 0.5) is 0 Å². The third-order valence-electron chi connectivity index (χ3n) is 3.44. The summed E-state index contributed by atoms with van der Waals surface area (Å²) in [6.07, 6.45) is 2.12. The first-order valence-electron chi connectivity index (χ1n) is 6.13. The Hall–Kier alpha value is -1.65. The molecule has 0 N–H and O–H groups in total. The molecule has 1 unspecified atom stereocenters. The summed E-state index contributed by atoms with van der Waals surface area (Å²) in [7, 11) is 0. The second-order valence-electron chi connectivity index (χ2n) is 4.62. The zero-order chi connectivity index (χ0) is 13.3. The fourth-order valence-corrected chi connectivity index (χ4v) is 2.54. The number of cyclic esters (lactones) is 1. The van der Waals surface area contributed by atoms with E-state index in [9.17, 15) is 14.4 Å². The molecule has 1 saturated carbocycles. The number of carbonyl (C=O) groups is 3. The van der Waals surface area contributed by atoms with Crippen LogP contribution in [-0.2, 0) is 23.9 Å². The van der Waals surface area contributed by atoms with Crippen LogP contribution in [0.3, 0.4) is 0 Å². The van der Waals surface area contributed by atoms with Crippen LogP contribution in [0, 0.1) is 11.8 Å². The van der Waals surface area contributed by atoms with Gasteiger partial charge in [0, 0.05) is 17.9 Å². The molecular weight excluding hydrogens is 236 g/mol. The van der Waals surface area contributed by atoms with Crippen molar-refractivity contribution in [2.24, 2.45) is 11.8 Å². The zero-order valence-corrected chi connectivity index (χ0v) is 10.5. The normalized spacial score (nSPS) is 31.2. The molecule has 3 atom stereocenters. The number of Topliss-reactive ketones (excluding diaryl/α,β-unsaturated/α-hetero) is 1. The van der Waals surface area contributed by atoms with Gasteiger partial charge in [0.2, 0.25) is 0 Å². The van der Waals surface area contributed by atoms with Crippen molar-refractivity contribution in [1.29, 1.82) is 0 Å². The first-order valence-corrected chi connectivity index (χ1v) is 6.13. The average Bonchev–Trinajstić information content (AvgIpc) is 2.84. The standard InChI is InChI=1S/C13H16O5/c1-3-17-13(16)11-8(4-5-9(11)14)10-6-7(2)12(15)18-10/h6,8,10-11H,3-5H2,1-2H3/t8-,10-,11?/m1/s1. The monoisotopic (exact) mass is 252 g/mol. The van der Waals surface area contributed by atoms with Crippen molar-refractivity contribution in [3.05, 3.63) is 11.6 Å². The molecule has 0 spiro atoms. The van der Waals surface area contributed by atoms with Crippen molar-refractivity contribution in [3.8, 4) is 0 Å². The minimum atomic E-state index is -0.787. The van der Waals surface area contributed by atoms with E-state index in [1.807, 2.05) is 0 Å². The minimum absolute atomic E-state index is 0.118. The molecule has 18 heavy (non-hydrogen) atoms. The van der Waals surface area contributed by atoms with Crippen molar-refractivity contribution in [3.63, 3.8) is 0 Å². The van der Waals surface area contributed by atoms with Gasteiger partial charge in [-0.15, -0.1) is 0 Å². The van der Waals surface area contributed by atoms with Crippen molar-refractivity contribution in [2.75, 3.05) is 6.61 Å². The van der Waals surface area contributed by atoms with Gasteiger partial charge in [-0.3, -0.25) is 9.59 Å². The number of hydrogen-bond donors (Lipinski definition) is 0. The molecule has 2 aliphatic rings. The second-order valence-corrected chi connectivity index (χ2v) is 4.62. The summed E-state index contributed by atoms with van der Waals surface area (Å²) in [6.45, 7) is 3.61. The molecule has 0 saturated heterocycles. The fraction of sp³-hybridized carbons (Fsp3) is 0.615. The molecule has 5 heteroatoms. The molecule has 0 amide bonds. The SMILES string of the molecule is CCOC(=O)C1C(=O)CC[C@@H]1[C@H]1C=C(C)C(=O)O1. The number of ether oxygens (including phenoxy) is 2. The predicted molar refractivity (Wildman–Crippen MR) is 61.5 cm³/mol. The number of rotatable bonds is 3. The highest BCUT2D eigenvalue weighted by Crippen LogP contribution is 2.36. The van der Waals surface area contributed by atoms with Gasteiger partial charge in [0.05, 0.1) is 6.61 Å². The molecule has 1 aliphatic heterocycles. The van der Waals surface area contributed by atoms with E-state index in [0.29, 0.717) is 18.4 Å². The van der Waals surface area contributed by atoms with Gasteiger partial charge >= 0.3 is 11.9 Å². The van der Waals surface area contributed by atoms with Gasteiger partial charge in [-0.1, -0.05) is 0 Å². The van der Waals surface area contributed by atoms with E-state index in [1.54, 1.807) is 19.9 Å². The first-order chi connectivity index (χ1) is 8.54. The van der Waals surface area contributed by atoms with E-state index in [0.717, 1.165) is 0 Å². The molecule has 5 nitrogen and oxygen atoms in total. The van der Waals surface area contributed by atoms with Crippen molar-refractivity contribution >= 4 is 17.7 Å². The molecule has 0 aromatic rings. The Kier molecular flexibility index (Phi) is 3.50. The molecule has 0 aromatic carbocycles. The Bertz CT molecular complexity index is 423. The van der Waals surface area contributed by atoms with Crippen molar-refractivity contribution in [2.45, 2.75) is 32.8 Å². The van der Waals surface area contributed by atoms with E-state index in [4.69, 9.17) is 9.47 Å². The molecule has 0 aromatic heterocycles. The summed E-state index contributed by atoms with van der Waals surface area (Å²) in [4.78, 5) is 34.9. The highest BCUT2D eigenvalue weighted by atomic mass is 16.6. The lowest BCUT2D eigenvalue weighted by Gasteiger charge is -2.21. The van der Waals surface area contributed by atoms with Gasteiger partial charge in [0.15, 0.2) is 0 Å². The highest BCUT2D eigenvalue weighted by molar-refractivity contribution is 6.01. The van der Waals surface area contributed by atoms with Gasteiger partial charge in [0.1, 0.15) is 17.8 Å². The fourth-order valence-electron chi connectivity index (χ4n) is 2.54. The van der Waals surface area contributed by atoms with E-state index >= 15 is 0 Å². The summed E-state index contributed by atoms with van der Waals surface area (Å²) >= 11 is 0. The topological polar surface area (TPSA) is 69.7 Å². The molecule has 2 rings (SSSR count). The lowest BCUT2D eigenvalue weighted by molar-refractivity contribution is -0.156. The Balaban J connectivity index is 2.15. The number of carbonyl (C=O) groups excluding carboxylic acids is 3. The third-order valence-corrected chi connectivity index (χ3v) is 3.44. The number of esters is 2. The molecule has 1 fully saturated rings. The molecule has 1 heterocycles. The van der Waals surface area contributed by atoms with E-state index in [1.165, 1.54) is 0 Å². The third kappa shape index (κ3) is 2.17.